The van der Waals surface area contributed by atoms with E-state index in [1.165, 1.54) is 0 Å². The number of likely N-dealkylation sites (tertiary alicyclic amines) is 1. The first-order valence-electron chi connectivity index (χ1n) is 15.0. The standard InChI is InChI=1S/C33H47N3O4S/c1-9-14-34(15-10-2)30(38)27-26-18-23(8)33(41-26)28(27)31(39)36(25(19-37)20(4)5)29(33)32(40)35(16-11-3)24-17-21(6)12-13-22(24)7/h9,11-13,17,20,23,25-29,37H,1,3,10,14-16,18-19H2,2,4-8H3/t23?,25-,26+,27-,28-,29?,33?/m0/s1. The number of rotatable bonds is 12. The van der Waals surface area contributed by atoms with Crippen molar-refractivity contribution in [2.24, 2.45) is 23.7 Å². The second kappa shape index (κ2) is 12.3. The van der Waals surface area contributed by atoms with E-state index in [2.05, 4.69) is 20.1 Å². The fourth-order valence-corrected chi connectivity index (χ4v) is 9.92. The minimum absolute atomic E-state index is 0.0213. The van der Waals surface area contributed by atoms with Gasteiger partial charge in [-0.05, 0) is 55.7 Å². The van der Waals surface area contributed by atoms with Crippen LogP contribution in [-0.4, -0.2) is 80.9 Å². The molecule has 41 heavy (non-hydrogen) atoms. The molecule has 3 saturated heterocycles. The first kappa shape index (κ1) is 31.4. The molecule has 224 valence electrons. The maximum atomic E-state index is 15.0. The minimum atomic E-state index is -0.804. The fraction of sp³-hybridized carbons (Fsp3) is 0.606. The molecule has 0 radical (unpaired) electrons. The molecule has 4 rings (SSSR count). The van der Waals surface area contributed by atoms with E-state index in [0.717, 1.165) is 29.7 Å². The van der Waals surface area contributed by atoms with Crippen molar-refractivity contribution in [1.82, 2.24) is 9.80 Å². The van der Waals surface area contributed by atoms with E-state index in [4.69, 9.17) is 0 Å². The Morgan fingerprint density at radius 2 is 1.88 bits per heavy atom. The third kappa shape index (κ3) is 5.05. The van der Waals surface area contributed by atoms with Crippen molar-refractivity contribution in [2.45, 2.75) is 76.5 Å². The highest BCUT2D eigenvalue weighted by Crippen LogP contribution is 2.69. The second-order valence-corrected chi connectivity index (χ2v) is 13.9. The van der Waals surface area contributed by atoms with Gasteiger partial charge in [0.1, 0.15) is 6.04 Å². The monoisotopic (exact) mass is 581 g/mol. The van der Waals surface area contributed by atoms with Gasteiger partial charge in [-0.1, -0.05) is 52.0 Å². The molecule has 0 aromatic heterocycles. The summed E-state index contributed by atoms with van der Waals surface area (Å²) in [6, 6.07) is 4.69. The lowest BCUT2D eigenvalue weighted by atomic mass is 9.65. The van der Waals surface area contributed by atoms with Gasteiger partial charge in [-0.25, -0.2) is 0 Å². The van der Waals surface area contributed by atoms with Crippen molar-refractivity contribution in [1.29, 1.82) is 0 Å². The lowest BCUT2D eigenvalue weighted by Crippen LogP contribution is -2.60. The summed E-state index contributed by atoms with van der Waals surface area (Å²) in [6.07, 6.45) is 5.03. The number of carbonyl (C=O) groups excluding carboxylic acids is 3. The molecule has 7 nitrogen and oxygen atoms in total. The normalized spacial score (nSPS) is 29.0. The SMILES string of the molecule is C=CCN(CCC)C(=O)[C@@H]1[C@H]2C(=O)N([C@@H](CO)C(C)C)C(C(=O)N(CC=C)c3cc(C)ccc3C)C23S[C@@H]1CC3C. The molecule has 2 bridgehead atoms. The lowest BCUT2D eigenvalue weighted by molar-refractivity contribution is -0.146. The summed E-state index contributed by atoms with van der Waals surface area (Å²) in [6.45, 7) is 21.0. The molecule has 3 aliphatic heterocycles. The largest absolute Gasteiger partial charge is 0.394 e. The number of nitrogens with zero attached hydrogens (tertiary/aromatic N) is 3. The molecule has 1 aromatic carbocycles. The van der Waals surface area contributed by atoms with E-state index in [9.17, 15) is 19.5 Å². The Kier molecular flexibility index (Phi) is 9.44. The van der Waals surface area contributed by atoms with Crippen LogP contribution in [0.2, 0.25) is 0 Å². The molecule has 3 amide bonds. The van der Waals surface area contributed by atoms with Crippen LogP contribution in [0, 0.1) is 37.5 Å². The summed E-state index contributed by atoms with van der Waals surface area (Å²) in [7, 11) is 0. The van der Waals surface area contributed by atoms with Gasteiger partial charge in [0.2, 0.25) is 11.8 Å². The van der Waals surface area contributed by atoms with Crippen LogP contribution in [0.1, 0.15) is 51.7 Å². The highest BCUT2D eigenvalue weighted by molar-refractivity contribution is 8.02. The van der Waals surface area contributed by atoms with Crippen molar-refractivity contribution in [3.05, 3.63) is 54.6 Å². The van der Waals surface area contributed by atoms with Gasteiger partial charge in [-0.15, -0.1) is 24.9 Å². The van der Waals surface area contributed by atoms with Crippen LogP contribution in [0.25, 0.3) is 0 Å². The number of fused-ring (bicyclic) bond motifs is 1. The molecule has 7 atom stereocenters. The van der Waals surface area contributed by atoms with Crippen LogP contribution < -0.4 is 4.90 Å². The summed E-state index contributed by atoms with van der Waals surface area (Å²) in [5.74, 6) is -1.52. The number of aliphatic hydroxyl groups excluding tert-OH is 1. The number of benzene rings is 1. The van der Waals surface area contributed by atoms with Crippen molar-refractivity contribution < 1.29 is 19.5 Å². The Labute approximate surface area is 250 Å². The Morgan fingerprint density at radius 3 is 2.46 bits per heavy atom. The Hall–Kier alpha value is -2.58. The number of thioether (sulfide) groups is 1. The van der Waals surface area contributed by atoms with Crippen molar-refractivity contribution in [2.75, 3.05) is 31.1 Å². The topological polar surface area (TPSA) is 81.2 Å². The van der Waals surface area contributed by atoms with Crippen LogP contribution in [0.5, 0.6) is 0 Å². The number of carbonyl (C=O) groups is 3. The molecule has 3 aliphatic rings. The van der Waals surface area contributed by atoms with Gasteiger partial charge in [0.05, 0.1) is 29.2 Å². The van der Waals surface area contributed by atoms with E-state index >= 15 is 0 Å². The second-order valence-electron chi connectivity index (χ2n) is 12.4. The number of hydrogen-bond donors (Lipinski definition) is 1. The Balaban J connectivity index is 1.89. The maximum absolute atomic E-state index is 15.0. The number of aryl methyl sites for hydroxylation is 2. The fourth-order valence-electron chi connectivity index (χ4n) is 7.52. The van der Waals surface area contributed by atoms with E-state index in [1.54, 1.807) is 33.7 Å². The molecule has 1 spiro atoms. The third-order valence-electron chi connectivity index (χ3n) is 9.40. The molecule has 8 heteroatoms. The smallest absolute Gasteiger partial charge is 0.251 e. The highest BCUT2D eigenvalue weighted by atomic mass is 32.2. The molecule has 0 aliphatic carbocycles. The molecular weight excluding hydrogens is 534 g/mol. The van der Waals surface area contributed by atoms with E-state index < -0.39 is 28.7 Å². The van der Waals surface area contributed by atoms with Crippen molar-refractivity contribution >= 4 is 35.2 Å². The summed E-state index contributed by atoms with van der Waals surface area (Å²) in [5, 5.41) is 10.6. The summed E-state index contributed by atoms with van der Waals surface area (Å²) in [5.41, 5.74) is 2.79. The van der Waals surface area contributed by atoms with Gasteiger partial charge in [0.25, 0.3) is 5.91 Å². The zero-order chi connectivity index (χ0) is 30.2. The lowest BCUT2D eigenvalue weighted by Gasteiger charge is -2.43. The third-order valence-corrected chi connectivity index (χ3v) is 11.5. The van der Waals surface area contributed by atoms with E-state index in [1.807, 2.05) is 57.7 Å². The molecule has 3 fully saturated rings. The molecule has 1 N–H and O–H groups in total. The zero-order valence-corrected chi connectivity index (χ0v) is 26.3. The van der Waals surface area contributed by atoms with E-state index in [-0.39, 0.29) is 41.4 Å². The van der Waals surface area contributed by atoms with Gasteiger partial charge >= 0.3 is 0 Å². The van der Waals surface area contributed by atoms with E-state index in [0.29, 0.717) is 19.6 Å². The summed E-state index contributed by atoms with van der Waals surface area (Å²) < 4.78 is -0.759. The average molecular weight is 582 g/mol. The molecule has 1 aromatic rings. The first-order chi connectivity index (χ1) is 19.5. The van der Waals surface area contributed by atoms with Gasteiger partial charge in [0, 0.05) is 30.6 Å². The van der Waals surface area contributed by atoms with Gasteiger partial charge in [-0.3, -0.25) is 14.4 Å². The summed E-state index contributed by atoms with van der Waals surface area (Å²) >= 11 is 1.68. The average Bonchev–Trinajstić information content (AvgIpc) is 3.52. The highest BCUT2D eigenvalue weighted by Gasteiger charge is 2.77. The van der Waals surface area contributed by atoms with Crippen LogP contribution in [0.15, 0.2) is 43.5 Å². The molecule has 0 saturated carbocycles. The van der Waals surface area contributed by atoms with Gasteiger partial charge < -0.3 is 19.8 Å². The minimum Gasteiger partial charge on any atom is -0.394 e. The number of aliphatic hydroxyl groups is 1. The van der Waals surface area contributed by atoms with Crippen LogP contribution in [0.4, 0.5) is 5.69 Å². The van der Waals surface area contributed by atoms with Crippen LogP contribution in [-0.2, 0) is 14.4 Å². The number of amides is 3. The summed E-state index contributed by atoms with van der Waals surface area (Å²) in [4.78, 5) is 49.0. The zero-order valence-electron chi connectivity index (χ0n) is 25.5. The van der Waals surface area contributed by atoms with Crippen molar-refractivity contribution in [3.63, 3.8) is 0 Å². The maximum Gasteiger partial charge on any atom is 0.251 e. The van der Waals surface area contributed by atoms with Crippen LogP contribution >= 0.6 is 11.8 Å². The molecule has 3 unspecified atom stereocenters. The molecule has 3 heterocycles. The van der Waals surface area contributed by atoms with Crippen molar-refractivity contribution in [3.8, 4) is 0 Å². The van der Waals surface area contributed by atoms with Gasteiger partial charge in [0.15, 0.2) is 0 Å². The first-order valence-corrected chi connectivity index (χ1v) is 15.9. The van der Waals surface area contributed by atoms with Gasteiger partial charge in [-0.2, -0.15) is 0 Å². The quantitative estimate of drug-likeness (QED) is 0.365. The Morgan fingerprint density at radius 1 is 1.20 bits per heavy atom. The predicted octanol–water partition coefficient (Wildman–Crippen LogP) is 4.60. The molecular formula is C33H47N3O4S. The predicted molar refractivity (Wildman–Crippen MR) is 167 cm³/mol. The Bertz CT molecular complexity index is 1200. The number of hydrogen-bond acceptors (Lipinski definition) is 5. The van der Waals surface area contributed by atoms with Crippen LogP contribution in [0.3, 0.4) is 0 Å². The number of anilines is 1.